The molecule has 0 amide bonds. The van der Waals surface area contributed by atoms with Crippen LogP contribution in [0.3, 0.4) is 0 Å². The maximum absolute atomic E-state index is 13.2. The van der Waals surface area contributed by atoms with Crippen LogP contribution in [-0.4, -0.2) is 11.7 Å². The van der Waals surface area contributed by atoms with E-state index >= 15 is 0 Å². The Morgan fingerprint density at radius 3 is 2.77 bits per heavy atom. The molecule has 4 heteroatoms. The van der Waals surface area contributed by atoms with E-state index in [-0.39, 0.29) is 17.5 Å². The summed E-state index contributed by atoms with van der Waals surface area (Å²) in [5, 5.41) is 8.98. The number of aliphatic hydroxyl groups is 1. The van der Waals surface area contributed by atoms with Crippen molar-refractivity contribution in [2.75, 3.05) is 6.61 Å². The lowest BCUT2D eigenvalue weighted by Crippen LogP contribution is -2.01. The van der Waals surface area contributed by atoms with Crippen molar-refractivity contribution in [2.45, 2.75) is 12.8 Å². The van der Waals surface area contributed by atoms with Crippen molar-refractivity contribution in [3.8, 4) is 0 Å². The first-order chi connectivity index (χ1) is 6.07. The third-order valence-corrected chi connectivity index (χ3v) is 2.97. The largest absolute Gasteiger partial charge is 0.396 e. The zero-order chi connectivity index (χ0) is 10.0. The van der Waals surface area contributed by atoms with Gasteiger partial charge in [0.2, 0.25) is 0 Å². The smallest absolute Gasteiger partial charge is 0.156 e. The van der Waals surface area contributed by atoms with Crippen molar-refractivity contribution in [3.63, 3.8) is 0 Å². The number of hydrogen-bond acceptors (Lipinski definition) is 1. The van der Waals surface area contributed by atoms with Crippen molar-refractivity contribution in [1.82, 2.24) is 0 Å². The summed E-state index contributed by atoms with van der Waals surface area (Å²) in [6, 6.07) is 3.19. The van der Waals surface area contributed by atoms with Crippen LogP contribution >= 0.6 is 27.5 Å². The summed E-state index contributed by atoms with van der Waals surface area (Å²) >= 11 is 8.67. The van der Waals surface area contributed by atoms with Crippen molar-refractivity contribution in [3.05, 3.63) is 33.0 Å². The van der Waals surface area contributed by atoms with Crippen LogP contribution in [0.4, 0.5) is 4.39 Å². The molecule has 1 nitrogen and oxygen atoms in total. The number of rotatable bonds is 2. The molecule has 0 spiro atoms. The number of hydrogen-bond donors (Lipinski definition) is 1. The molecule has 1 atom stereocenters. The number of halogens is 3. The van der Waals surface area contributed by atoms with Gasteiger partial charge >= 0.3 is 0 Å². The summed E-state index contributed by atoms with van der Waals surface area (Å²) in [5.41, 5.74) is 0.726. The Labute approximate surface area is 89.7 Å². The quantitative estimate of drug-likeness (QED) is 0.815. The Morgan fingerprint density at radius 1 is 1.62 bits per heavy atom. The van der Waals surface area contributed by atoms with Gasteiger partial charge in [-0.1, -0.05) is 24.6 Å². The predicted octanol–water partition coefficient (Wildman–Crippen LogP) is 3.34. The molecule has 0 aromatic heterocycles. The highest BCUT2D eigenvalue weighted by Crippen LogP contribution is 2.31. The zero-order valence-corrected chi connectivity index (χ0v) is 9.36. The molecule has 1 unspecified atom stereocenters. The van der Waals surface area contributed by atoms with Gasteiger partial charge in [-0.05, 0) is 27.6 Å². The van der Waals surface area contributed by atoms with Crippen LogP contribution in [-0.2, 0) is 0 Å². The second-order valence-corrected chi connectivity index (χ2v) is 4.05. The average Bonchev–Trinajstić information content (AvgIpc) is 2.13. The molecule has 0 heterocycles. The van der Waals surface area contributed by atoms with E-state index in [0.29, 0.717) is 4.47 Å². The monoisotopic (exact) mass is 266 g/mol. The first-order valence-corrected chi connectivity index (χ1v) is 4.99. The fourth-order valence-electron chi connectivity index (χ4n) is 1.02. The van der Waals surface area contributed by atoms with Crippen LogP contribution < -0.4 is 0 Å². The molecule has 1 aromatic carbocycles. The summed E-state index contributed by atoms with van der Waals surface area (Å²) < 4.78 is 13.6. The van der Waals surface area contributed by atoms with E-state index in [4.69, 9.17) is 16.7 Å². The van der Waals surface area contributed by atoms with E-state index in [1.54, 1.807) is 6.07 Å². The lowest BCUT2D eigenvalue weighted by molar-refractivity contribution is 0.272. The molecular weight excluding hydrogens is 258 g/mol. The zero-order valence-electron chi connectivity index (χ0n) is 7.02. The Morgan fingerprint density at radius 2 is 2.23 bits per heavy atom. The van der Waals surface area contributed by atoms with Crippen LogP contribution in [0.2, 0.25) is 5.02 Å². The fourth-order valence-corrected chi connectivity index (χ4v) is 2.03. The Kier molecular flexibility index (Phi) is 3.71. The summed E-state index contributed by atoms with van der Waals surface area (Å²) in [4.78, 5) is 0. The standard InChI is InChI=1S/C9H9BrClFO/c1-5(4-13)6-2-3-7(11)9(12)8(6)10/h2-3,5,13H,4H2,1H3. The molecule has 0 saturated heterocycles. The van der Waals surface area contributed by atoms with E-state index in [9.17, 15) is 4.39 Å². The van der Waals surface area contributed by atoms with Crippen molar-refractivity contribution >= 4 is 27.5 Å². The van der Waals surface area contributed by atoms with Gasteiger partial charge in [-0.2, -0.15) is 0 Å². The van der Waals surface area contributed by atoms with Gasteiger partial charge < -0.3 is 5.11 Å². The first kappa shape index (κ1) is 11.0. The second-order valence-electron chi connectivity index (χ2n) is 2.85. The van der Waals surface area contributed by atoms with Crippen LogP contribution in [0.15, 0.2) is 16.6 Å². The second kappa shape index (κ2) is 4.40. The number of aliphatic hydroxyl groups excluding tert-OH is 1. The Hall–Kier alpha value is -0.120. The minimum Gasteiger partial charge on any atom is -0.396 e. The normalized spacial score (nSPS) is 13.0. The minimum absolute atomic E-state index is 0.0142. The van der Waals surface area contributed by atoms with Crippen molar-refractivity contribution in [1.29, 1.82) is 0 Å². The van der Waals surface area contributed by atoms with E-state index < -0.39 is 5.82 Å². The van der Waals surface area contributed by atoms with Gasteiger partial charge in [0.15, 0.2) is 5.82 Å². The van der Waals surface area contributed by atoms with E-state index in [2.05, 4.69) is 15.9 Å². The highest BCUT2D eigenvalue weighted by Gasteiger charge is 2.13. The molecule has 1 N–H and O–H groups in total. The molecule has 0 aliphatic carbocycles. The lowest BCUT2D eigenvalue weighted by Gasteiger charge is -2.11. The molecule has 0 aliphatic heterocycles. The third-order valence-electron chi connectivity index (χ3n) is 1.87. The third kappa shape index (κ3) is 2.22. The topological polar surface area (TPSA) is 20.2 Å². The van der Waals surface area contributed by atoms with Crippen molar-refractivity contribution < 1.29 is 9.50 Å². The molecular formula is C9H9BrClFO. The highest BCUT2D eigenvalue weighted by atomic mass is 79.9. The molecule has 0 aliphatic rings. The molecule has 0 bridgehead atoms. The fraction of sp³-hybridized carbons (Fsp3) is 0.333. The van der Waals surface area contributed by atoms with Gasteiger partial charge in [-0.3, -0.25) is 0 Å². The summed E-state index contributed by atoms with van der Waals surface area (Å²) in [6.45, 7) is 1.80. The van der Waals surface area contributed by atoms with Gasteiger partial charge in [0.1, 0.15) is 0 Å². The van der Waals surface area contributed by atoms with E-state index in [1.165, 1.54) is 6.07 Å². The molecule has 13 heavy (non-hydrogen) atoms. The van der Waals surface area contributed by atoms with E-state index in [0.717, 1.165) is 5.56 Å². The summed E-state index contributed by atoms with van der Waals surface area (Å²) in [6.07, 6.45) is 0. The molecule has 1 rings (SSSR count). The molecule has 1 aromatic rings. The van der Waals surface area contributed by atoms with Crippen LogP contribution in [0, 0.1) is 5.82 Å². The lowest BCUT2D eigenvalue weighted by atomic mass is 10.0. The van der Waals surface area contributed by atoms with E-state index in [1.807, 2.05) is 6.92 Å². The predicted molar refractivity (Wildman–Crippen MR) is 54.6 cm³/mol. The van der Waals surface area contributed by atoms with Crippen LogP contribution in [0.1, 0.15) is 18.4 Å². The van der Waals surface area contributed by atoms with Gasteiger partial charge in [0, 0.05) is 12.5 Å². The Balaban J connectivity index is 3.18. The molecule has 0 saturated carbocycles. The first-order valence-electron chi connectivity index (χ1n) is 3.82. The summed E-state index contributed by atoms with van der Waals surface area (Å²) in [5.74, 6) is -0.569. The van der Waals surface area contributed by atoms with Crippen molar-refractivity contribution in [2.24, 2.45) is 0 Å². The van der Waals surface area contributed by atoms with Crippen LogP contribution in [0.25, 0.3) is 0 Å². The maximum Gasteiger partial charge on any atom is 0.156 e. The molecule has 0 fully saturated rings. The average molecular weight is 268 g/mol. The maximum atomic E-state index is 13.2. The molecule has 72 valence electrons. The van der Waals surface area contributed by atoms with Gasteiger partial charge in [0.25, 0.3) is 0 Å². The van der Waals surface area contributed by atoms with Gasteiger partial charge in [0.05, 0.1) is 9.50 Å². The van der Waals surface area contributed by atoms with Gasteiger partial charge in [-0.15, -0.1) is 0 Å². The minimum atomic E-state index is -0.473. The summed E-state index contributed by atoms with van der Waals surface area (Å²) in [7, 11) is 0. The highest BCUT2D eigenvalue weighted by molar-refractivity contribution is 9.10. The molecule has 0 radical (unpaired) electrons. The SMILES string of the molecule is CC(CO)c1ccc(Cl)c(F)c1Br. The Bertz CT molecular complexity index is 317. The number of benzene rings is 1. The van der Waals surface area contributed by atoms with Crippen LogP contribution in [0.5, 0.6) is 0 Å². The van der Waals surface area contributed by atoms with Gasteiger partial charge in [-0.25, -0.2) is 4.39 Å².